The molecule has 0 aliphatic carbocycles. The number of benzene rings is 2. The van der Waals surface area contributed by atoms with Crippen molar-refractivity contribution in [3.05, 3.63) is 72.4 Å². The van der Waals surface area contributed by atoms with Gasteiger partial charge in [-0.15, -0.1) is 5.10 Å². The van der Waals surface area contributed by atoms with E-state index in [-0.39, 0.29) is 12.6 Å². The fraction of sp³-hybridized carbons (Fsp3) is 0.158. The summed E-state index contributed by atoms with van der Waals surface area (Å²) in [5.41, 5.74) is 3.24. The first-order valence-electron chi connectivity index (χ1n) is 8.38. The summed E-state index contributed by atoms with van der Waals surface area (Å²) < 4.78 is 1.67. The van der Waals surface area contributed by atoms with Gasteiger partial charge in [-0.05, 0) is 24.1 Å². The molecule has 7 nitrogen and oxygen atoms in total. The van der Waals surface area contributed by atoms with Crippen LogP contribution in [0.15, 0.2) is 66.9 Å². The van der Waals surface area contributed by atoms with Crippen LogP contribution in [-0.2, 0) is 6.42 Å². The Morgan fingerprint density at radius 3 is 2.46 bits per heavy atom. The second-order valence-corrected chi connectivity index (χ2v) is 5.95. The largest absolute Gasteiger partial charge is 0.394 e. The second-order valence-electron chi connectivity index (χ2n) is 5.95. The van der Waals surface area contributed by atoms with Crippen molar-refractivity contribution < 1.29 is 5.11 Å². The molecule has 2 aromatic carbocycles. The van der Waals surface area contributed by atoms with E-state index in [4.69, 9.17) is 0 Å². The molecule has 0 spiro atoms. The summed E-state index contributed by atoms with van der Waals surface area (Å²) in [4.78, 5) is 8.84. The molecule has 0 unspecified atom stereocenters. The summed E-state index contributed by atoms with van der Waals surface area (Å²) in [6.07, 6.45) is 2.31. The van der Waals surface area contributed by atoms with Crippen LogP contribution in [-0.4, -0.2) is 42.7 Å². The number of fused-ring (bicyclic) bond motifs is 1. The summed E-state index contributed by atoms with van der Waals surface area (Å²) in [6.45, 7) is -0.0213. The lowest BCUT2D eigenvalue weighted by Crippen LogP contribution is -2.27. The highest BCUT2D eigenvalue weighted by Crippen LogP contribution is 2.15. The van der Waals surface area contributed by atoms with Gasteiger partial charge in [-0.2, -0.15) is 9.67 Å². The number of rotatable bonds is 6. The van der Waals surface area contributed by atoms with Crippen LogP contribution in [0.1, 0.15) is 5.56 Å². The van der Waals surface area contributed by atoms with Gasteiger partial charge in [0.1, 0.15) is 0 Å². The third-order valence-electron chi connectivity index (χ3n) is 4.07. The van der Waals surface area contributed by atoms with Gasteiger partial charge in [-0.3, -0.25) is 0 Å². The highest BCUT2D eigenvalue weighted by atomic mass is 16.3. The number of nitrogens with zero attached hydrogens (tertiary/aromatic N) is 5. The first kappa shape index (κ1) is 16.2. The number of aromatic nitrogens is 5. The van der Waals surface area contributed by atoms with E-state index in [0.29, 0.717) is 23.5 Å². The van der Waals surface area contributed by atoms with Crippen molar-refractivity contribution >= 4 is 17.1 Å². The molecular formula is C19H18N6O. The van der Waals surface area contributed by atoms with Crippen LogP contribution in [0.25, 0.3) is 16.9 Å². The number of anilines is 1. The van der Waals surface area contributed by atoms with Crippen LogP contribution < -0.4 is 5.32 Å². The van der Waals surface area contributed by atoms with Crippen LogP contribution >= 0.6 is 0 Å². The normalized spacial score (nSPS) is 12.2. The lowest BCUT2D eigenvalue weighted by Gasteiger charge is -2.16. The van der Waals surface area contributed by atoms with Gasteiger partial charge in [0.05, 0.1) is 24.5 Å². The van der Waals surface area contributed by atoms with Crippen molar-refractivity contribution in [1.29, 1.82) is 0 Å². The molecule has 130 valence electrons. The summed E-state index contributed by atoms with van der Waals surface area (Å²) in [5.74, 6) is 0.437. The molecule has 26 heavy (non-hydrogen) atoms. The number of para-hydroxylation sites is 1. The zero-order valence-corrected chi connectivity index (χ0v) is 14.0. The number of hydrogen-bond donors (Lipinski definition) is 2. The summed E-state index contributed by atoms with van der Waals surface area (Å²) in [7, 11) is 0. The molecule has 0 saturated heterocycles. The molecule has 4 rings (SSSR count). The Balaban J connectivity index is 1.60. The Kier molecular flexibility index (Phi) is 4.53. The van der Waals surface area contributed by atoms with E-state index in [2.05, 4.69) is 25.6 Å². The molecule has 0 saturated carbocycles. The molecule has 1 atom stereocenters. The van der Waals surface area contributed by atoms with Crippen LogP contribution in [0.4, 0.5) is 5.95 Å². The summed E-state index contributed by atoms with van der Waals surface area (Å²) >= 11 is 0. The third-order valence-corrected chi connectivity index (χ3v) is 4.07. The number of nitrogens with one attached hydrogen (secondary N) is 1. The molecule has 4 aromatic rings. The Labute approximate surface area is 150 Å². The van der Waals surface area contributed by atoms with E-state index in [1.807, 2.05) is 60.7 Å². The smallest absolute Gasteiger partial charge is 0.225 e. The minimum Gasteiger partial charge on any atom is -0.394 e. The van der Waals surface area contributed by atoms with Crippen LogP contribution in [0.2, 0.25) is 0 Å². The van der Waals surface area contributed by atoms with E-state index in [9.17, 15) is 5.11 Å². The maximum Gasteiger partial charge on any atom is 0.225 e. The predicted octanol–water partition coefficient (Wildman–Crippen LogP) is 2.23. The number of aliphatic hydroxyl groups excluding tert-OH is 1. The maximum atomic E-state index is 9.71. The van der Waals surface area contributed by atoms with Crippen molar-refractivity contribution in [2.24, 2.45) is 0 Å². The topological polar surface area (TPSA) is 88.8 Å². The Morgan fingerprint density at radius 1 is 1.00 bits per heavy atom. The summed E-state index contributed by atoms with van der Waals surface area (Å²) in [6, 6.07) is 19.5. The standard InChI is InChI=1S/C19H18N6O/c26-13-15(11-14-7-3-1-4-8-14)21-19-20-12-17-18(22-19)25(24-23-17)16-9-5-2-6-10-16/h1-10,12,15,26H,11,13H2,(H,20,21,22)/t15-/m1/s1. The van der Waals surface area contributed by atoms with Gasteiger partial charge in [0.25, 0.3) is 0 Å². The minimum absolute atomic E-state index is 0.0213. The fourth-order valence-electron chi connectivity index (χ4n) is 2.78. The molecule has 0 radical (unpaired) electrons. The molecule has 0 amide bonds. The fourth-order valence-corrected chi connectivity index (χ4v) is 2.78. The van der Waals surface area contributed by atoms with Crippen molar-refractivity contribution in [2.75, 3.05) is 11.9 Å². The third kappa shape index (κ3) is 3.38. The molecular weight excluding hydrogens is 328 g/mol. The van der Waals surface area contributed by atoms with Crippen molar-refractivity contribution in [3.8, 4) is 5.69 Å². The van der Waals surface area contributed by atoms with Crippen LogP contribution in [0.3, 0.4) is 0 Å². The highest BCUT2D eigenvalue weighted by Gasteiger charge is 2.13. The quantitative estimate of drug-likeness (QED) is 0.556. The van der Waals surface area contributed by atoms with Crippen molar-refractivity contribution in [2.45, 2.75) is 12.5 Å². The van der Waals surface area contributed by atoms with Crippen molar-refractivity contribution in [1.82, 2.24) is 25.0 Å². The van der Waals surface area contributed by atoms with Gasteiger partial charge in [-0.1, -0.05) is 53.7 Å². The van der Waals surface area contributed by atoms with Crippen molar-refractivity contribution in [3.63, 3.8) is 0 Å². The first-order chi connectivity index (χ1) is 12.8. The molecule has 2 N–H and O–H groups in total. The first-order valence-corrected chi connectivity index (χ1v) is 8.38. The van der Waals surface area contributed by atoms with E-state index in [1.165, 1.54) is 0 Å². The zero-order valence-electron chi connectivity index (χ0n) is 14.0. The zero-order chi connectivity index (χ0) is 17.8. The SMILES string of the molecule is OC[C@@H](Cc1ccccc1)Nc1ncc2nnn(-c3ccccc3)c2n1. The van der Waals surface area contributed by atoms with Gasteiger partial charge in [-0.25, -0.2) is 4.98 Å². The molecule has 0 aliphatic heterocycles. The molecule has 0 bridgehead atoms. The Morgan fingerprint density at radius 2 is 1.73 bits per heavy atom. The second kappa shape index (κ2) is 7.28. The molecule has 0 aliphatic rings. The van der Waals surface area contributed by atoms with Gasteiger partial charge in [0.2, 0.25) is 5.95 Å². The van der Waals surface area contributed by atoms with E-state index in [1.54, 1.807) is 10.9 Å². The van der Waals surface area contributed by atoms with E-state index < -0.39 is 0 Å². The van der Waals surface area contributed by atoms with Gasteiger partial charge < -0.3 is 10.4 Å². The lowest BCUT2D eigenvalue weighted by atomic mass is 10.1. The number of hydrogen-bond acceptors (Lipinski definition) is 6. The number of aliphatic hydroxyl groups is 1. The van der Waals surface area contributed by atoms with Gasteiger partial charge in [0, 0.05) is 0 Å². The molecule has 0 fully saturated rings. The van der Waals surface area contributed by atoms with E-state index in [0.717, 1.165) is 11.3 Å². The summed E-state index contributed by atoms with van der Waals surface area (Å²) in [5, 5.41) is 21.2. The Bertz CT molecular complexity index is 987. The minimum atomic E-state index is -0.184. The predicted molar refractivity (Wildman–Crippen MR) is 99.1 cm³/mol. The lowest BCUT2D eigenvalue weighted by molar-refractivity contribution is 0.273. The van der Waals surface area contributed by atoms with Crippen LogP contribution in [0.5, 0.6) is 0 Å². The average Bonchev–Trinajstić information content (AvgIpc) is 3.12. The molecule has 7 heteroatoms. The average molecular weight is 346 g/mol. The monoisotopic (exact) mass is 346 g/mol. The maximum absolute atomic E-state index is 9.71. The van der Waals surface area contributed by atoms with Crippen LogP contribution in [0, 0.1) is 0 Å². The highest BCUT2D eigenvalue weighted by molar-refractivity contribution is 5.71. The molecule has 2 aromatic heterocycles. The Hall–Kier alpha value is -3.32. The van der Waals surface area contributed by atoms with Gasteiger partial charge >= 0.3 is 0 Å². The van der Waals surface area contributed by atoms with E-state index >= 15 is 0 Å². The molecule has 2 heterocycles. The van der Waals surface area contributed by atoms with Gasteiger partial charge in [0.15, 0.2) is 11.2 Å².